The highest BCUT2D eigenvalue weighted by atomic mass is 16.1. The summed E-state index contributed by atoms with van der Waals surface area (Å²) in [6.45, 7) is 0.862. The fourth-order valence-electron chi connectivity index (χ4n) is 3.22. The molecule has 25 heavy (non-hydrogen) atoms. The number of hydrogen-bond donors (Lipinski definition) is 1. The largest absolute Gasteiger partial charge is 0.345 e. The first-order valence-electron chi connectivity index (χ1n) is 8.33. The van der Waals surface area contributed by atoms with E-state index in [-0.39, 0.29) is 12.3 Å². The third-order valence-corrected chi connectivity index (χ3v) is 4.60. The zero-order chi connectivity index (χ0) is 17.2. The summed E-state index contributed by atoms with van der Waals surface area (Å²) in [6.07, 6.45) is 0. The molecule has 4 rings (SSSR count). The molecule has 0 saturated heterocycles. The highest BCUT2D eigenvalue weighted by Gasteiger charge is 2.25. The molecule has 0 bridgehead atoms. The summed E-state index contributed by atoms with van der Waals surface area (Å²) in [7, 11) is 0. The van der Waals surface area contributed by atoms with Crippen molar-refractivity contribution < 1.29 is 4.79 Å². The van der Waals surface area contributed by atoms with Gasteiger partial charge in [-0.3, -0.25) is 10.2 Å². The van der Waals surface area contributed by atoms with Crippen LogP contribution in [-0.2, 0) is 6.54 Å². The molecule has 3 aromatic carbocycles. The van der Waals surface area contributed by atoms with Crippen molar-refractivity contribution in [2.75, 3.05) is 6.54 Å². The van der Waals surface area contributed by atoms with Gasteiger partial charge in [-0.1, -0.05) is 78.9 Å². The second-order valence-electron chi connectivity index (χ2n) is 6.23. The SMILES string of the molecule is N=C1c2ccccc2CN1CC(=O)c1ccc(-c2ccccc2)cc1. The van der Waals surface area contributed by atoms with Crippen molar-refractivity contribution in [2.45, 2.75) is 6.54 Å². The number of hydrogen-bond acceptors (Lipinski definition) is 2. The maximum absolute atomic E-state index is 12.6. The molecule has 0 aromatic heterocycles. The van der Waals surface area contributed by atoms with Gasteiger partial charge in [-0.2, -0.15) is 0 Å². The molecule has 0 radical (unpaired) electrons. The minimum absolute atomic E-state index is 0.0390. The molecule has 1 aliphatic heterocycles. The minimum Gasteiger partial charge on any atom is -0.345 e. The van der Waals surface area contributed by atoms with Crippen LogP contribution in [0.5, 0.6) is 0 Å². The van der Waals surface area contributed by atoms with Crippen LogP contribution < -0.4 is 0 Å². The third-order valence-electron chi connectivity index (χ3n) is 4.60. The molecule has 0 unspecified atom stereocenters. The topological polar surface area (TPSA) is 44.2 Å². The van der Waals surface area contributed by atoms with Gasteiger partial charge in [0.15, 0.2) is 5.78 Å². The summed E-state index contributed by atoms with van der Waals surface area (Å²) in [5.74, 6) is 0.474. The van der Waals surface area contributed by atoms with Gasteiger partial charge in [0, 0.05) is 17.7 Å². The molecule has 0 spiro atoms. The molecule has 0 aliphatic carbocycles. The van der Waals surface area contributed by atoms with Gasteiger partial charge in [0.25, 0.3) is 0 Å². The van der Waals surface area contributed by atoms with Gasteiger partial charge in [-0.15, -0.1) is 0 Å². The van der Waals surface area contributed by atoms with E-state index in [9.17, 15) is 4.79 Å². The lowest BCUT2D eigenvalue weighted by Gasteiger charge is -2.17. The zero-order valence-electron chi connectivity index (χ0n) is 13.8. The van der Waals surface area contributed by atoms with Crippen molar-refractivity contribution >= 4 is 11.6 Å². The smallest absolute Gasteiger partial charge is 0.182 e. The summed E-state index contributed by atoms with van der Waals surface area (Å²) in [5.41, 5.74) is 4.95. The lowest BCUT2D eigenvalue weighted by Crippen LogP contribution is -2.30. The first kappa shape index (κ1) is 15.3. The fourth-order valence-corrected chi connectivity index (χ4v) is 3.22. The van der Waals surface area contributed by atoms with E-state index >= 15 is 0 Å². The van der Waals surface area contributed by atoms with Crippen molar-refractivity contribution in [2.24, 2.45) is 0 Å². The predicted octanol–water partition coefficient (Wildman–Crippen LogP) is 4.38. The van der Waals surface area contributed by atoms with Crippen LogP contribution in [0.15, 0.2) is 78.9 Å². The average Bonchev–Trinajstić information content (AvgIpc) is 2.98. The van der Waals surface area contributed by atoms with Gasteiger partial charge >= 0.3 is 0 Å². The van der Waals surface area contributed by atoms with E-state index in [2.05, 4.69) is 12.1 Å². The van der Waals surface area contributed by atoms with E-state index in [4.69, 9.17) is 5.41 Å². The molecule has 0 atom stereocenters. The van der Waals surface area contributed by atoms with Crippen LogP contribution in [-0.4, -0.2) is 23.1 Å². The highest BCUT2D eigenvalue weighted by molar-refractivity contribution is 6.05. The maximum atomic E-state index is 12.6. The number of carbonyl (C=O) groups excluding carboxylic acids is 1. The van der Waals surface area contributed by atoms with Crippen LogP contribution in [0.2, 0.25) is 0 Å². The molecule has 1 heterocycles. The number of nitrogens with zero attached hydrogens (tertiary/aromatic N) is 1. The molecule has 0 fully saturated rings. The van der Waals surface area contributed by atoms with E-state index in [1.165, 1.54) is 0 Å². The normalized spacial score (nSPS) is 13.0. The highest BCUT2D eigenvalue weighted by Crippen LogP contribution is 2.23. The van der Waals surface area contributed by atoms with Crippen LogP contribution in [0.3, 0.4) is 0 Å². The van der Waals surface area contributed by atoms with Crippen LogP contribution in [0.4, 0.5) is 0 Å². The van der Waals surface area contributed by atoms with Gasteiger partial charge in [-0.25, -0.2) is 0 Å². The predicted molar refractivity (Wildman–Crippen MR) is 99.9 cm³/mol. The third kappa shape index (κ3) is 2.96. The van der Waals surface area contributed by atoms with Gasteiger partial charge < -0.3 is 4.90 Å². The van der Waals surface area contributed by atoms with E-state index in [0.29, 0.717) is 17.9 Å². The quantitative estimate of drug-likeness (QED) is 0.723. The number of ketones is 1. The van der Waals surface area contributed by atoms with Gasteiger partial charge in [0.1, 0.15) is 5.84 Å². The first-order valence-corrected chi connectivity index (χ1v) is 8.33. The van der Waals surface area contributed by atoms with Crippen LogP contribution >= 0.6 is 0 Å². The van der Waals surface area contributed by atoms with E-state index in [1.807, 2.05) is 71.6 Å². The number of Topliss-reactive ketones (excluding diaryl/α,β-unsaturated/α-hetero) is 1. The zero-order valence-corrected chi connectivity index (χ0v) is 13.8. The average molecular weight is 326 g/mol. The van der Waals surface area contributed by atoms with Crippen molar-refractivity contribution in [1.82, 2.24) is 4.90 Å². The summed E-state index contributed by atoms with van der Waals surface area (Å²) in [5, 5.41) is 8.26. The van der Waals surface area contributed by atoms with Crippen molar-refractivity contribution in [3.8, 4) is 11.1 Å². The maximum Gasteiger partial charge on any atom is 0.182 e. The number of rotatable bonds is 4. The molecule has 1 aliphatic rings. The number of amidine groups is 1. The molecule has 0 saturated carbocycles. The molecular formula is C22H18N2O. The fraction of sp³-hybridized carbons (Fsp3) is 0.0909. The molecule has 122 valence electrons. The van der Waals surface area contributed by atoms with Gasteiger partial charge in [-0.05, 0) is 16.7 Å². The standard InChI is InChI=1S/C22H18N2O/c23-22-20-9-5-4-8-19(20)14-24(22)15-21(25)18-12-10-17(11-13-18)16-6-2-1-3-7-16/h1-13,23H,14-15H2. The second-order valence-corrected chi connectivity index (χ2v) is 6.23. The molecule has 1 N–H and O–H groups in total. The number of fused-ring (bicyclic) bond motifs is 1. The van der Waals surface area contributed by atoms with Crippen LogP contribution in [0, 0.1) is 5.41 Å². The van der Waals surface area contributed by atoms with Crippen LogP contribution in [0.1, 0.15) is 21.5 Å². The Labute approximate surface area is 147 Å². The Balaban J connectivity index is 1.48. The summed E-state index contributed by atoms with van der Waals surface area (Å²) in [6, 6.07) is 25.7. The second kappa shape index (κ2) is 6.36. The Morgan fingerprint density at radius 2 is 1.48 bits per heavy atom. The van der Waals surface area contributed by atoms with Gasteiger partial charge in [0.2, 0.25) is 0 Å². The van der Waals surface area contributed by atoms with Crippen LogP contribution in [0.25, 0.3) is 11.1 Å². The Kier molecular flexibility index (Phi) is 3.90. The molecular weight excluding hydrogens is 308 g/mol. The summed E-state index contributed by atoms with van der Waals surface area (Å²) >= 11 is 0. The molecule has 0 amide bonds. The summed E-state index contributed by atoms with van der Waals surface area (Å²) in [4.78, 5) is 14.4. The molecule has 3 heteroatoms. The Morgan fingerprint density at radius 3 is 2.20 bits per heavy atom. The summed E-state index contributed by atoms with van der Waals surface area (Å²) < 4.78 is 0. The van der Waals surface area contributed by atoms with Crippen molar-refractivity contribution in [3.63, 3.8) is 0 Å². The molecule has 3 nitrogen and oxygen atoms in total. The van der Waals surface area contributed by atoms with E-state index in [1.54, 1.807) is 0 Å². The van der Waals surface area contributed by atoms with Gasteiger partial charge in [0.05, 0.1) is 6.54 Å². The monoisotopic (exact) mass is 326 g/mol. The number of nitrogens with one attached hydrogen (secondary N) is 1. The number of carbonyl (C=O) groups is 1. The Bertz CT molecular complexity index is 930. The lowest BCUT2D eigenvalue weighted by atomic mass is 10.0. The van der Waals surface area contributed by atoms with E-state index < -0.39 is 0 Å². The van der Waals surface area contributed by atoms with Crippen molar-refractivity contribution in [3.05, 3.63) is 95.6 Å². The molecule has 3 aromatic rings. The Hall–Kier alpha value is -3.20. The minimum atomic E-state index is 0.0390. The lowest BCUT2D eigenvalue weighted by molar-refractivity contribution is 0.0962. The first-order chi connectivity index (χ1) is 12.2. The number of benzene rings is 3. The Morgan fingerprint density at radius 1 is 0.840 bits per heavy atom. The van der Waals surface area contributed by atoms with E-state index in [0.717, 1.165) is 22.3 Å². The van der Waals surface area contributed by atoms with Crippen molar-refractivity contribution in [1.29, 1.82) is 5.41 Å².